The highest BCUT2D eigenvalue weighted by Gasteiger charge is 2.49. The van der Waals surface area contributed by atoms with Gasteiger partial charge in [-0.25, -0.2) is 4.79 Å². The van der Waals surface area contributed by atoms with Crippen molar-refractivity contribution in [1.29, 1.82) is 0 Å². The molecule has 3 rings (SSSR count). The maximum absolute atomic E-state index is 12.6. The Morgan fingerprint density at radius 1 is 1.00 bits per heavy atom. The van der Waals surface area contributed by atoms with Crippen LogP contribution in [0.5, 0.6) is 0 Å². The molecule has 1 atom stereocenters. The van der Waals surface area contributed by atoms with Gasteiger partial charge in [0.25, 0.3) is 5.91 Å². The van der Waals surface area contributed by atoms with Crippen LogP contribution in [-0.2, 0) is 10.3 Å². The number of rotatable bonds is 4. The second-order valence-electron chi connectivity index (χ2n) is 5.57. The molecule has 0 aromatic heterocycles. The Kier molecular flexibility index (Phi) is 4.24. The van der Waals surface area contributed by atoms with Gasteiger partial charge in [-0.05, 0) is 24.1 Å². The van der Waals surface area contributed by atoms with Crippen molar-refractivity contribution in [2.75, 3.05) is 0 Å². The zero-order valence-electron chi connectivity index (χ0n) is 13.2. The number of nitrogens with zero attached hydrogens (tertiary/aromatic N) is 2. The molecular formula is C19H17N3O2. The minimum Gasteiger partial charge on any atom is -0.318 e. The van der Waals surface area contributed by atoms with Crippen molar-refractivity contribution in [3.63, 3.8) is 0 Å². The fourth-order valence-corrected chi connectivity index (χ4v) is 2.52. The van der Waals surface area contributed by atoms with E-state index in [1.807, 2.05) is 54.6 Å². The topological polar surface area (TPSA) is 61.8 Å². The van der Waals surface area contributed by atoms with E-state index in [4.69, 9.17) is 0 Å². The predicted molar refractivity (Wildman–Crippen MR) is 93.1 cm³/mol. The first kappa shape index (κ1) is 15.7. The third kappa shape index (κ3) is 2.96. The van der Waals surface area contributed by atoms with Gasteiger partial charge in [0.1, 0.15) is 5.54 Å². The molecule has 120 valence electrons. The van der Waals surface area contributed by atoms with Crippen LogP contribution in [-0.4, -0.2) is 23.2 Å². The maximum atomic E-state index is 12.6. The van der Waals surface area contributed by atoms with Gasteiger partial charge in [-0.2, -0.15) is 5.10 Å². The van der Waals surface area contributed by atoms with Crippen LogP contribution in [0.3, 0.4) is 0 Å². The molecule has 0 saturated carbocycles. The van der Waals surface area contributed by atoms with Gasteiger partial charge in [0.05, 0.1) is 0 Å². The lowest BCUT2D eigenvalue weighted by molar-refractivity contribution is -0.131. The van der Waals surface area contributed by atoms with Gasteiger partial charge in [-0.3, -0.25) is 4.79 Å². The summed E-state index contributed by atoms with van der Waals surface area (Å²) >= 11 is 0. The number of carbonyl (C=O) groups excluding carboxylic acids is 2. The van der Waals surface area contributed by atoms with Gasteiger partial charge in [0.15, 0.2) is 0 Å². The Balaban J connectivity index is 1.75. The van der Waals surface area contributed by atoms with Crippen molar-refractivity contribution in [1.82, 2.24) is 10.3 Å². The van der Waals surface area contributed by atoms with Gasteiger partial charge in [0.2, 0.25) is 0 Å². The predicted octanol–water partition coefficient (Wildman–Crippen LogP) is 3.15. The second kappa shape index (κ2) is 6.50. The normalized spacial score (nSPS) is 21.0. The highest BCUT2D eigenvalue weighted by Crippen LogP contribution is 2.28. The minimum absolute atomic E-state index is 0.400. The summed E-state index contributed by atoms with van der Waals surface area (Å²) in [4.78, 5) is 24.7. The summed E-state index contributed by atoms with van der Waals surface area (Å²) in [5.74, 6) is -0.400. The Morgan fingerprint density at radius 3 is 2.29 bits per heavy atom. The number of carbonyl (C=O) groups is 2. The van der Waals surface area contributed by atoms with Gasteiger partial charge in [-0.15, -0.1) is 5.01 Å². The summed E-state index contributed by atoms with van der Waals surface area (Å²) in [5.41, 5.74) is 0.634. The molecule has 0 unspecified atom stereocenters. The second-order valence-corrected chi connectivity index (χ2v) is 5.57. The van der Waals surface area contributed by atoms with E-state index in [2.05, 4.69) is 10.4 Å². The number of nitrogens with one attached hydrogen (secondary N) is 1. The third-order valence-electron chi connectivity index (χ3n) is 3.88. The Bertz CT molecular complexity index is 800. The SMILES string of the molecule is C[C@@]1(c2ccccc2)NC(=O)N(/N=C\C=C\c2ccccc2)C1=O. The van der Waals surface area contributed by atoms with Gasteiger partial charge in [0, 0.05) is 6.21 Å². The van der Waals surface area contributed by atoms with Crippen LogP contribution in [0, 0.1) is 0 Å². The molecular weight excluding hydrogens is 302 g/mol. The van der Waals surface area contributed by atoms with E-state index >= 15 is 0 Å². The number of urea groups is 1. The number of imide groups is 1. The first-order chi connectivity index (χ1) is 11.6. The van der Waals surface area contributed by atoms with E-state index in [-0.39, 0.29) is 0 Å². The molecule has 1 saturated heterocycles. The lowest BCUT2D eigenvalue weighted by Gasteiger charge is -2.20. The summed E-state index contributed by atoms with van der Waals surface area (Å²) in [5, 5.41) is 7.55. The van der Waals surface area contributed by atoms with Gasteiger partial charge >= 0.3 is 6.03 Å². The number of amides is 3. The fourth-order valence-electron chi connectivity index (χ4n) is 2.52. The summed E-state index contributed by atoms with van der Waals surface area (Å²) in [6.45, 7) is 1.68. The van der Waals surface area contributed by atoms with Crippen molar-refractivity contribution in [2.24, 2.45) is 5.10 Å². The molecule has 1 heterocycles. The number of hydrogen-bond donors (Lipinski definition) is 1. The lowest BCUT2D eigenvalue weighted by atomic mass is 9.92. The van der Waals surface area contributed by atoms with Crippen molar-refractivity contribution in [2.45, 2.75) is 12.5 Å². The van der Waals surface area contributed by atoms with Crippen molar-refractivity contribution >= 4 is 24.2 Å². The molecule has 2 aromatic rings. The van der Waals surface area contributed by atoms with E-state index in [1.54, 1.807) is 25.1 Å². The molecule has 0 spiro atoms. The largest absolute Gasteiger partial charge is 0.346 e. The first-order valence-electron chi connectivity index (χ1n) is 7.59. The van der Waals surface area contributed by atoms with Crippen LogP contribution in [0.1, 0.15) is 18.1 Å². The lowest BCUT2D eigenvalue weighted by Crippen LogP contribution is -2.40. The van der Waals surface area contributed by atoms with Crippen molar-refractivity contribution < 1.29 is 9.59 Å². The molecule has 1 fully saturated rings. The quantitative estimate of drug-likeness (QED) is 0.695. The van der Waals surface area contributed by atoms with Crippen LogP contribution in [0.4, 0.5) is 4.79 Å². The average molecular weight is 319 g/mol. The highest BCUT2D eigenvalue weighted by molar-refractivity contribution is 6.07. The molecule has 0 aliphatic carbocycles. The number of hydrazone groups is 1. The fraction of sp³-hybridized carbons (Fsp3) is 0.105. The molecule has 0 bridgehead atoms. The molecule has 1 aliphatic heterocycles. The van der Waals surface area contributed by atoms with E-state index in [1.165, 1.54) is 6.21 Å². The zero-order chi connectivity index (χ0) is 17.0. The van der Waals surface area contributed by atoms with E-state index < -0.39 is 17.5 Å². The maximum Gasteiger partial charge on any atom is 0.346 e. The molecule has 3 amide bonds. The van der Waals surface area contributed by atoms with Crippen LogP contribution >= 0.6 is 0 Å². The average Bonchev–Trinajstić information content (AvgIpc) is 2.84. The van der Waals surface area contributed by atoms with Crippen LogP contribution in [0.25, 0.3) is 6.08 Å². The molecule has 5 nitrogen and oxygen atoms in total. The Morgan fingerprint density at radius 2 is 1.62 bits per heavy atom. The van der Waals surface area contributed by atoms with E-state index in [0.717, 1.165) is 16.1 Å². The molecule has 1 N–H and O–H groups in total. The van der Waals surface area contributed by atoms with E-state index in [0.29, 0.717) is 0 Å². The summed E-state index contributed by atoms with van der Waals surface area (Å²) in [6.07, 6.45) is 4.97. The van der Waals surface area contributed by atoms with Crippen molar-refractivity contribution in [3.05, 3.63) is 77.9 Å². The highest BCUT2D eigenvalue weighted by atomic mass is 16.2. The van der Waals surface area contributed by atoms with Crippen LogP contribution < -0.4 is 5.32 Å². The summed E-state index contributed by atoms with van der Waals surface area (Å²) in [6, 6.07) is 18.3. The van der Waals surface area contributed by atoms with Gasteiger partial charge < -0.3 is 5.32 Å². The summed E-state index contributed by atoms with van der Waals surface area (Å²) < 4.78 is 0. The zero-order valence-corrected chi connectivity index (χ0v) is 13.2. The number of hydrogen-bond acceptors (Lipinski definition) is 3. The van der Waals surface area contributed by atoms with Crippen molar-refractivity contribution in [3.8, 4) is 0 Å². The molecule has 5 heteroatoms. The smallest absolute Gasteiger partial charge is 0.318 e. The molecule has 24 heavy (non-hydrogen) atoms. The first-order valence-corrected chi connectivity index (χ1v) is 7.59. The summed E-state index contributed by atoms with van der Waals surface area (Å²) in [7, 11) is 0. The van der Waals surface area contributed by atoms with Crippen LogP contribution in [0.2, 0.25) is 0 Å². The van der Waals surface area contributed by atoms with E-state index in [9.17, 15) is 9.59 Å². The molecule has 2 aromatic carbocycles. The van der Waals surface area contributed by atoms with Gasteiger partial charge in [-0.1, -0.05) is 66.7 Å². The Hall–Kier alpha value is -3.21. The monoisotopic (exact) mass is 319 g/mol. The van der Waals surface area contributed by atoms with Crippen LogP contribution in [0.15, 0.2) is 71.8 Å². The Labute approximate surface area is 140 Å². The standard InChI is InChI=1S/C19H17N3O2/c1-19(16-12-6-3-7-13-16)17(23)22(18(24)21-19)20-14-8-11-15-9-4-2-5-10-15/h2-14H,1H3,(H,21,24)/b11-8+,20-14-/t19-/m0/s1. The minimum atomic E-state index is -1.10. The number of benzene rings is 2. The number of allylic oxidation sites excluding steroid dienone is 1. The molecule has 0 radical (unpaired) electrons. The third-order valence-corrected chi connectivity index (χ3v) is 3.88. The molecule has 1 aliphatic rings.